The molecular weight excluding hydrogens is 331 g/mol. The zero-order chi connectivity index (χ0) is 15.2. The molecule has 1 heterocycles. The number of nitrogens with one attached hydrogen (secondary N) is 1. The average molecular weight is 359 g/mol. The molecule has 0 radical (unpaired) electrons. The highest BCUT2D eigenvalue weighted by Crippen LogP contribution is 2.12. The molecule has 0 atom stereocenters. The molecule has 0 amide bonds. The van der Waals surface area contributed by atoms with E-state index in [1.165, 1.54) is 16.8 Å². The van der Waals surface area contributed by atoms with Gasteiger partial charge in [0.1, 0.15) is 0 Å². The first kappa shape index (κ1) is 21.8. The summed E-state index contributed by atoms with van der Waals surface area (Å²) in [5.74, 6) is 0.626. The van der Waals surface area contributed by atoms with E-state index < -0.39 is 0 Å². The molecule has 23 heavy (non-hydrogen) atoms. The Labute approximate surface area is 152 Å². The van der Waals surface area contributed by atoms with Crippen LogP contribution in [0.15, 0.2) is 36.7 Å². The van der Waals surface area contributed by atoms with Crippen molar-refractivity contribution in [2.45, 2.75) is 33.5 Å². The largest absolute Gasteiger partial charge is 0.378 e. The first-order valence-electron chi connectivity index (χ1n) is 7.53. The Kier molecular flexibility index (Phi) is 9.96. The van der Waals surface area contributed by atoms with Gasteiger partial charge in [-0.05, 0) is 23.6 Å². The van der Waals surface area contributed by atoms with Crippen molar-refractivity contribution in [3.05, 3.63) is 47.8 Å². The Bertz CT molecular complexity index is 550. The number of nitrogens with zero attached hydrogens (tertiary/aromatic N) is 3. The Balaban J connectivity index is 0.00000242. The van der Waals surface area contributed by atoms with Gasteiger partial charge in [0.05, 0.1) is 6.20 Å². The summed E-state index contributed by atoms with van der Waals surface area (Å²) < 4.78 is 2.02. The van der Waals surface area contributed by atoms with Crippen LogP contribution in [-0.4, -0.2) is 23.9 Å². The molecule has 1 aromatic carbocycles. The van der Waals surface area contributed by atoms with Crippen molar-refractivity contribution in [2.24, 2.45) is 5.92 Å². The lowest BCUT2D eigenvalue weighted by Gasteiger charge is -2.12. The van der Waals surface area contributed by atoms with Crippen LogP contribution in [0.3, 0.4) is 0 Å². The monoisotopic (exact) mass is 358 g/mol. The quantitative estimate of drug-likeness (QED) is 0.818. The van der Waals surface area contributed by atoms with Gasteiger partial charge in [-0.25, -0.2) is 0 Å². The van der Waals surface area contributed by atoms with E-state index in [0.29, 0.717) is 5.92 Å². The third-order valence-electron chi connectivity index (χ3n) is 3.35. The van der Waals surface area contributed by atoms with Crippen LogP contribution in [0.5, 0.6) is 0 Å². The van der Waals surface area contributed by atoms with E-state index in [4.69, 9.17) is 0 Å². The number of hydrogen-bond acceptors (Lipinski definition) is 3. The fraction of sp³-hybridized carbons (Fsp3) is 0.471. The molecule has 0 spiro atoms. The summed E-state index contributed by atoms with van der Waals surface area (Å²) in [6, 6.07) is 8.64. The van der Waals surface area contributed by atoms with Crippen LogP contribution in [0, 0.1) is 5.92 Å². The maximum absolute atomic E-state index is 4.38. The molecule has 0 bridgehead atoms. The van der Waals surface area contributed by atoms with Gasteiger partial charge in [0.25, 0.3) is 0 Å². The van der Waals surface area contributed by atoms with E-state index in [1.54, 1.807) is 0 Å². The van der Waals surface area contributed by atoms with Crippen molar-refractivity contribution < 1.29 is 0 Å². The minimum atomic E-state index is 0. The SMILES string of the molecule is CC(C)Cn1cc(CNCc2ccc(N(C)C)cc2)cn1.Cl.Cl. The van der Waals surface area contributed by atoms with Gasteiger partial charge in [0.2, 0.25) is 0 Å². The predicted molar refractivity (Wildman–Crippen MR) is 103 cm³/mol. The van der Waals surface area contributed by atoms with Crippen LogP contribution in [0.25, 0.3) is 0 Å². The van der Waals surface area contributed by atoms with Crippen molar-refractivity contribution in [3.63, 3.8) is 0 Å². The van der Waals surface area contributed by atoms with Crippen LogP contribution in [0.1, 0.15) is 25.0 Å². The summed E-state index contributed by atoms with van der Waals surface area (Å²) in [5.41, 5.74) is 3.77. The summed E-state index contributed by atoms with van der Waals surface area (Å²) in [7, 11) is 4.12. The summed E-state index contributed by atoms with van der Waals surface area (Å²) >= 11 is 0. The molecule has 0 aliphatic rings. The van der Waals surface area contributed by atoms with Gasteiger partial charge in [0.15, 0.2) is 0 Å². The molecule has 0 saturated heterocycles. The first-order chi connectivity index (χ1) is 10.0. The predicted octanol–water partition coefficient (Wildman–Crippen LogP) is 3.74. The number of anilines is 1. The van der Waals surface area contributed by atoms with E-state index >= 15 is 0 Å². The second kappa shape index (κ2) is 10.5. The maximum Gasteiger partial charge on any atom is 0.0534 e. The average Bonchev–Trinajstić information content (AvgIpc) is 2.86. The third kappa shape index (κ3) is 7.25. The lowest BCUT2D eigenvalue weighted by atomic mass is 10.2. The molecule has 0 aliphatic heterocycles. The van der Waals surface area contributed by atoms with Gasteiger partial charge in [-0.2, -0.15) is 5.10 Å². The Morgan fingerprint density at radius 1 is 1.04 bits per heavy atom. The number of aromatic nitrogens is 2. The second-order valence-corrected chi connectivity index (χ2v) is 6.13. The van der Waals surface area contributed by atoms with Crippen molar-refractivity contribution >= 4 is 30.5 Å². The molecule has 1 aromatic heterocycles. The fourth-order valence-corrected chi connectivity index (χ4v) is 2.23. The van der Waals surface area contributed by atoms with Gasteiger partial charge >= 0.3 is 0 Å². The summed E-state index contributed by atoms with van der Waals surface area (Å²) in [6.45, 7) is 7.12. The summed E-state index contributed by atoms with van der Waals surface area (Å²) in [6.07, 6.45) is 4.08. The van der Waals surface area contributed by atoms with E-state index in [2.05, 4.69) is 73.7 Å². The van der Waals surface area contributed by atoms with Gasteiger partial charge in [-0.1, -0.05) is 26.0 Å². The summed E-state index contributed by atoms with van der Waals surface area (Å²) in [5, 5.41) is 7.85. The van der Waals surface area contributed by atoms with Crippen LogP contribution in [-0.2, 0) is 19.6 Å². The van der Waals surface area contributed by atoms with Crippen molar-refractivity contribution in [1.29, 1.82) is 0 Å². The van der Waals surface area contributed by atoms with E-state index in [9.17, 15) is 0 Å². The highest BCUT2D eigenvalue weighted by molar-refractivity contribution is 5.85. The zero-order valence-electron chi connectivity index (χ0n) is 14.3. The molecular formula is C17H28Cl2N4. The first-order valence-corrected chi connectivity index (χ1v) is 7.53. The molecule has 2 aromatic rings. The normalized spacial score (nSPS) is 10.1. The fourth-order valence-electron chi connectivity index (χ4n) is 2.23. The highest BCUT2D eigenvalue weighted by Gasteiger charge is 2.01. The molecule has 0 fully saturated rings. The molecule has 0 unspecified atom stereocenters. The highest BCUT2D eigenvalue weighted by atomic mass is 35.5. The Morgan fingerprint density at radius 3 is 2.22 bits per heavy atom. The maximum atomic E-state index is 4.38. The van der Waals surface area contributed by atoms with Crippen molar-refractivity contribution in [2.75, 3.05) is 19.0 Å². The minimum absolute atomic E-state index is 0. The van der Waals surface area contributed by atoms with E-state index in [-0.39, 0.29) is 24.8 Å². The number of halogens is 2. The Hall–Kier alpha value is -1.23. The van der Waals surface area contributed by atoms with Gasteiger partial charge in [0, 0.05) is 51.2 Å². The lowest BCUT2D eigenvalue weighted by molar-refractivity contribution is 0.482. The summed E-state index contributed by atoms with van der Waals surface area (Å²) in [4.78, 5) is 2.11. The number of rotatable bonds is 7. The Morgan fingerprint density at radius 2 is 1.65 bits per heavy atom. The number of benzene rings is 1. The van der Waals surface area contributed by atoms with Gasteiger partial charge in [-0.3, -0.25) is 4.68 Å². The molecule has 130 valence electrons. The van der Waals surface area contributed by atoms with Crippen LogP contribution >= 0.6 is 24.8 Å². The molecule has 4 nitrogen and oxygen atoms in total. The number of hydrogen-bond donors (Lipinski definition) is 1. The molecule has 1 N–H and O–H groups in total. The second-order valence-electron chi connectivity index (χ2n) is 6.13. The molecule has 2 rings (SSSR count). The minimum Gasteiger partial charge on any atom is -0.378 e. The standard InChI is InChI=1S/C17H26N4.2ClH/c1-14(2)12-21-13-16(11-19-21)10-18-9-15-5-7-17(8-6-15)20(3)4;;/h5-8,11,13-14,18H,9-10,12H2,1-4H3;2*1H. The molecule has 0 aliphatic carbocycles. The van der Waals surface area contributed by atoms with Crippen LogP contribution in [0.4, 0.5) is 5.69 Å². The van der Waals surface area contributed by atoms with Gasteiger partial charge < -0.3 is 10.2 Å². The molecule has 6 heteroatoms. The van der Waals surface area contributed by atoms with E-state index in [0.717, 1.165) is 19.6 Å². The van der Waals surface area contributed by atoms with Crippen LogP contribution in [0.2, 0.25) is 0 Å². The van der Waals surface area contributed by atoms with Crippen molar-refractivity contribution in [1.82, 2.24) is 15.1 Å². The third-order valence-corrected chi connectivity index (χ3v) is 3.35. The van der Waals surface area contributed by atoms with Crippen molar-refractivity contribution in [3.8, 4) is 0 Å². The zero-order valence-corrected chi connectivity index (χ0v) is 16.0. The molecule has 0 saturated carbocycles. The topological polar surface area (TPSA) is 33.1 Å². The lowest BCUT2D eigenvalue weighted by Crippen LogP contribution is -2.13. The van der Waals surface area contributed by atoms with E-state index in [1.807, 2.05) is 10.9 Å². The smallest absolute Gasteiger partial charge is 0.0534 e. The van der Waals surface area contributed by atoms with Gasteiger partial charge in [-0.15, -0.1) is 24.8 Å². The van der Waals surface area contributed by atoms with Crippen LogP contribution < -0.4 is 10.2 Å².